The van der Waals surface area contributed by atoms with E-state index in [0.717, 1.165) is 16.6 Å². The zero-order valence-electron chi connectivity index (χ0n) is 11.6. The molecule has 3 heterocycles. The van der Waals surface area contributed by atoms with Crippen LogP contribution in [0.4, 0.5) is 5.95 Å². The van der Waals surface area contributed by atoms with Crippen LogP contribution >= 0.6 is 11.3 Å². The van der Waals surface area contributed by atoms with Crippen LogP contribution in [0.3, 0.4) is 0 Å². The van der Waals surface area contributed by atoms with Gasteiger partial charge in [-0.1, -0.05) is 6.92 Å². The Morgan fingerprint density at radius 2 is 2.29 bits per heavy atom. The van der Waals surface area contributed by atoms with Gasteiger partial charge in [-0.05, 0) is 18.6 Å². The summed E-state index contributed by atoms with van der Waals surface area (Å²) in [5.74, 6) is 0.582. The zero-order chi connectivity index (χ0) is 15.0. The number of aryl methyl sites for hydroxylation is 1. The van der Waals surface area contributed by atoms with Crippen LogP contribution in [0.2, 0.25) is 0 Å². The first-order valence-corrected chi connectivity index (χ1v) is 7.28. The van der Waals surface area contributed by atoms with Crippen molar-refractivity contribution in [2.75, 3.05) is 12.4 Å². The highest BCUT2D eigenvalue weighted by molar-refractivity contribution is 7.18. The number of carbonyl (C=O) groups excluding carboxylic acids is 1. The van der Waals surface area contributed by atoms with E-state index in [4.69, 9.17) is 5.73 Å². The summed E-state index contributed by atoms with van der Waals surface area (Å²) in [7, 11) is 1.76. The Morgan fingerprint density at radius 3 is 2.90 bits per heavy atom. The second-order valence-electron chi connectivity index (χ2n) is 4.42. The normalized spacial score (nSPS) is 11.0. The number of fused-ring (bicyclic) bond motifs is 1. The third kappa shape index (κ3) is 2.33. The number of hydrogen-bond donors (Lipinski definition) is 2. The number of carbonyl (C=O) groups is 1. The lowest BCUT2D eigenvalue weighted by molar-refractivity contribution is 0.0995. The van der Waals surface area contributed by atoms with Gasteiger partial charge in [0.25, 0.3) is 5.91 Å². The molecule has 21 heavy (non-hydrogen) atoms. The highest BCUT2D eigenvalue weighted by Gasteiger charge is 2.14. The van der Waals surface area contributed by atoms with E-state index < -0.39 is 5.91 Å². The fourth-order valence-electron chi connectivity index (χ4n) is 1.99. The predicted molar refractivity (Wildman–Crippen MR) is 82.0 cm³/mol. The van der Waals surface area contributed by atoms with Gasteiger partial charge in [-0.2, -0.15) is 10.1 Å². The van der Waals surface area contributed by atoms with Crippen LogP contribution in [0.1, 0.15) is 22.3 Å². The molecule has 0 aliphatic heterocycles. The molecule has 0 bridgehead atoms. The van der Waals surface area contributed by atoms with Gasteiger partial charge < -0.3 is 11.1 Å². The minimum atomic E-state index is -0.563. The molecule has 0 fully saturated rings. The van der Waals surface area contributed by atoms with Crippen molar-refractivity contribution in [1.82, 2.24) is 19.7 Å². The second-order valence-corrected chi connectivity index (χ2v) is 5.53. The fourth-order valence-corrected chi connectivity index (χ4v) is 2.95. The van der Waals surface area contributed by atoms with E-state index >= 15 is 0 Å². The lowest BCUT2D eigenvalue weighted by atomic mass is 10.3. The van der Waals surface area contributed by atoms with Crippen molar-refractivity contribution in [2.45, 2.75) is 13.3 Å². The molecule has 0 atom stereocenters. The van der Waals surface area contributed by atoms with Gasteiger partial charge in [0.2, 0.25) is 5.95 Å². The Hall–Kier alpha value is -2.48. The lowest BCUT2D eigenvalue weighted by Crippen LogP contribution is -2.12. The minimum Gasteiger partial charge on any atom is -0.364 e. The van der Waals surface area contributed by atoms with E-state index in [2.05, 4.69) is 33.4 Å². The highest BCUT2D eigenvalue weighted by atomic mass is 32.1. The van der Waals surface area contributed by atoms with E-state index in [0.29, 0.717) is 11.8 Å². The first kappa shape index (κ1) is 13.5. The van der Waals surface area contributed by atoms with Gasteiger partial charge in [0, 0.05) is 18.1 Å². The molecule has 8 heteroatoms. The van der Waals surface area contributed by atoms with Crippen molar-refractivity contribution >= 4 is 33.4 Å². The number of rotatable bonds is 4. The van der Waals surface area contributed by atoms with E-state index in [1.54, 1.807) is 35.3 Å². The molecular formula is C13H14N6OS. The topological polar surface area (TPSA) is 98.7 Å². The van der Waals surface area contributed by atoms with E-state index in [1.165, 1.54) is 4.88 Å². The molecular weight excluding hydrogens is 288 g/mol. The van der Waals surface area contributed by atoms with Crippen LogP contribution in [0.15, 0.2) is 18.3 Å². The first-order chi connectivity index (χ1) is 10.1. The summed E-state index contributed by atoms with van der Waals surface area (Å²) in [6.07, 6.45) is 2.60. The molecule has 0 unspecified atom stereocenters. The first-order valence-electron chi connectivity index (χ1n) is 6.46. The van der Waals surface area contributed by atoms with Crippen molar-refractivity contribution in [3.8, 4) is 5.82 Å². The maximum absolute atomic E-state index is 11.2. The van der Waals surface area contributed by atoms with Gasteiger partial charge in [0.05, 0.1) is 5.39 Å². The van der Waals surface area contributed by atoms with Crippen LogP contribution < -0.4 is 11.1 Å². The van der Waals surface area contributed by atoms with Gasteiger partial charge in [-0.15, -0.1) is 11.3 Å². The van der Waals surface area contributed by atoms with Gasteiger partial charge in [0.1, 0.15) is 10.5 Å². The van der Waals surface area contributed by atoms with Crippen molar-refractivity contribution in [2.24, 2.45) is 5.73 Å². The molecule has 0 aliphatic carbocycles. The number of amides is 1. The summed E-state index contributed by atoms with van der Waals surface area (Å²) in [6.45, 7) is 2.09. The number of nitrogens with two attached hydrogens (primary N) is 1. The average molecular weight is 302 g/mol. The van der Waals surface area contributed by atoms with Crippen molar-refractivity contribution in [3.05, 3.63) is 28.9 Å². The average Bonchev–Trinajstić information content (AvgIpc) is 3.12. The lowest BCUT2D eigenvalue weighted by Gasteiger charge is -2.05. The maximum atomic E-state index is 11.2. The molecule has 0 saturated carbocycles. The molecule has 7 nitrogen and oxygen atoms in total. The number of aromatic nitrogens is 4. The van der Waals surface area contributed by atoms with Crippen LogP contribution in [0, 0.1) is 0 Å². The van der Waals surface area contributed by atoms with Gasteiger partial charge in [0.15, 0.2) is 5.82 Å². The molecule has 3 N–H and O–H groups in total. The summed E-state index contributed by atoms with van der Waals surface area (Å²) in [5.41, 5.74) is 5.45. The summed E-state index contributed by atoms with van der Waals surface area (Å²) < 4.78 is 1.55. The van der Waals surface area contributed by atoms with Gasteiger partial charge in [-0.3, -0.25) is 4.79 Å². The van der Waals surface area contributed by atoms with Crippen LogP contribution in [-0.2, 0) is 6.42 Å². The number of thiophene rings is 1. The number of anilines is 1. The third-order valence-electron chi connectivity index (χ3n) is 3.05. The summed E-state index contributed by atoms with van der Waals surface area (Å²) in [4.78, 5) is 22.2. The SMILES string of the molecule is CCc1cc2c(-n3ccc(C(N)=O)n3)nc(NC)nc2s1. The van der Waals surface area contributed by atoms with Crippen LogP contribution in [-0.4, -0.2) is 32.7 Å². The van der Waals surface area contributed by atoms with Crippen LogP contribution in [0.5, 0.6) is 0 Å². The molecule has 108 valence electrons. The van der Waals surface area contributed by atoms with E-state index in [9.17, 15) is 4.79 Å². The standard InChI is InChI=1S/C13H14N6OS/c1-3-7-6-8-11(16-13(15-2)17-12(8)21-7)19-5-4-9(18-19)10(14)20/h4-6H,3H2,1-2H3,(H2,14,20)(H,15,16,17). The highest BCUT2D eigenvalue weighted by Crippen LogP contribution is 2.29. The Balaban J connectivity index is 2.23. The molecule has 3 rings (SSSR count). The molecule has 0 aliphatic rings. The molecule has 0 saturated heterocycles. The number of nitrogens with zero attached hydrogens (tertiary/aromatic N) is 4. The Morgan fingerprint density at radius 1 is 1.48 bits per heavy atom. The number of primary amides is 1. The predicted octanol–water partition coefficient (Wildman–Crippen LogP) is 1.58. The molecule has 3 aromatic heterocycles. The summed E-state index contributed by atoms with van der Waals surface area (Å²) in [6, 6.07) is 3.63. The Bertz CT molecular complexity index is 821. The molecule has 1 amide bonds. The monoisotopic (exact) mass is 302 g/mol. The van der Waals surface area contributed by atoms with E-state index in [-0.39, 0.29) is 5.69 Å². The fraction of sp³-hybridized carbons (Fsp3) is 0.231. The van der Waals surface area contributed by atoms with Gasteiger partial charge in [-0.25, -0.2) is 9.67 Å². The zero-order valence-corrected chi connectivity index (χ0v) is 12.4. The van der Waals surface area contributed by atoms with Crippen molar-refractivity contribution in [3.63, 3.8) is 0 Å². The maximum Gasteiger partial charge on any atom is 0.269 e. The molecule has 3 aromatic rings. The molecule has 0 spiro atoms. The molecule has 0 radical (unpaired) electrons. The smallest absolute Gasteiger partial charge is 0.269 e. The second kappa shape index (κ2) is 5.13. The molecule has 0 aromatic carbocycles. The Kier molecular flexibility index (Phi) is 3.30. The number of hydrogen-bond acceptors (Lipinski definition) is 6. The van der Waals surface area contributed by atoms with Crippen molar-refractivity contribution < 1.29 is 4.79 Å². The Labute approximate surface area is 124 Å². The quantitative estimate of drug-likeness (QED) is 0.762. The summed E-state index contributed by atoms with van der Waals surface area (Å²) >= 11 is 1.62. The van der Waals surface area contributed by atoms with Crippen molar-refractivity contribution in [1.29, 1.82) is 0 Å². The minimum absolute atomic E-state index is 0.207. The van der Waals surface area contributed by atoms with Gasteiger partial charge >= 0.3 is 0 Å². The third-order valence-corrected chi connectivity index (χ3v) is 4.23. The summed E-state index contributed by atoms with van der Waals surface area (Å²) in [5, 5.41) is 8.02. The number of nitrogens with one attached hydrogen (secondary N) is 1. The van der Waals surface area contributed by atoms with Crippen LogP contribution in [0.25, 0.3) is 16.0 Å². The van der Waals surface area contributed by atoms with E-state index in [1.807, 2.05) is 0 Å². The largest absolute Gasteiger partial charge is 0.364 e.